The van der Waals surface area contributed by atoms with E-state index in [2.05, 4.69) is 9.80 Å². The Balaban J connectivity index is 1.43. The number of benzene rings is 1. The van der Waals surface area contributed by atoms with Crippen molar-refractivity contribution in [1.82, 2.24) is 4.90 Å². The summed E-state index contributed by atoms with van der Waals surface area (Å²) in [5.41, 5.74) is -0.286. The molecule has 0 bridgehead atoms. The molecule has 2 aliphatic heterocycles. The third-order valence-corrected chi connectivity index (χ3v) is 6.64. The van der Waals surface area contributed by atoms with Crippen LogP contribution in [0.1, 0.15) is 24.8 Å². The van der Waals surface area contributed by atoms with Gasteiger partial charge in [0.1, 0.15) is 5.82 Å². The first-order valence-electron chi connectivity index (χ1n) is 9.01. The summed E-state index contributed by atoms with van der Waals surface area (Å²) in [7, 11) is 0. The smallest absolute Gasteiger partial charge is 0.312 e. The molecule has 3 fully saturated rings. The second-order valence-electron chi connectivity index (χ2n) is 8.01. The number of halogens is 1. The lowest BCUT2D eigenvalue weighted by molar-refractivity contribution is -0.151. The largest absolute Gasteiger partial charge is 0.481 e. The maximum Gasteiger partial charge on any atom is 0.312 e. The lowest BCUT2D eigenvalue weighted by Gasteiger charge is -2.39. The summed E-state index contributed by atoms with van der Waals surface area (Å²) in [6, 6.07) is 5.00. The molecular weight excluding hydrogens is 339 g/mol. The number of aliphatic carboxylic acids is 2. The molecule has 1 saturated carbocycles. The predicted octanol–water partition coefficient (Wildman–Crippen LogP) is 1.96. The fraction of sp³-hybridized carbons (Fsp3) is 0.579. The Morgan fingerprint density at radius 1 is 1.12 bits per heavy atom. The van der Waals surface area contributed by atoms with Gasteiger partial charge in [-0.25, -0.2) is 4.39 Å². The molecule has 6 nitrogen and oxygen atoms in total. The molecule has 1 aromatic carbocycles. The first-order valence-corrected chi connectivity index (χ1v) is 9.01. The molecule has 0 radical (unpaired) electrons. The van der Waals surface area contributed by atoms with Crippen molar-refractivity contribution < 1.29 is 24.2 Å². The summed E-state index contributed by atoms with van der Waals surface area (Å²) in [4.78, 5) is 27.6. The monoisotopic (exact) mass is 362 g/mol. The number of anilines is 1. The molecule has 26 heavy (non-hydrogen) atoms. The van der Waals surface area contributed by atoms with Gasteiger partial charge in [-0.3, -0.25) is 14.5 Å². The molecule has 1 aromatic rings. The van der Waals surface area contributed by atoms with Gasteiger partial charge < -0.3 is 15.1 Å². The highest BCUT2D eigenvalue weighted by atomic mass is 19.1. The minimum Gasteiger partial charge on any atom is -0.481 e. The second kappa shape index (κ2) is 5.67. The predicted molar refractivity (Wildman–Crippen MR) is 92.7 cm³/mol. The van der Waals surface area contributed by atoms with Gasteiger partial charge in [0.2, 0.25) is 0 Å². The highest BCUT2D eigenvalue weighted by Crippen LogP contribution is 2.69. The molecule has 2 N–H and O–H groups in total. The van der Waals surface area contributed by atoms with Crippen LogP contribution >= 0.6 is 0 Å². The van der Waals surface area contributed by atoms with Crippen LogP contribution < -0.4 is 4.90 Å². The SMILES string of the molecule is Cc1cc(F)ccc1N1CCC(N2C[C@@]3(C(=O)O)C[C@@]3(C(=O)O)C2)CC1. The van der Waals surface area contributed by atoms with Crippen molar-refractivity contribution in [2.75, 3.05) is 31.1 Å². The van der Waals surface area contributed by atoms with Gasteiger partial charge >= 0.3 is 11.9 Å². The Hall–Kier alpha value is -2.15. The third kappa shape index (κ3) is 2.33. The van der Waals surface area contributed by atoms with Crippen LogP contribution in [-0.2, 0) is 9.59 Å². The van der Waals surface area contributed by atoms with Gasteiger partial charge in [0.15, 0.2) is 0 Å². The number of rotatable bonds is 4. The highest BCUT2D eigenvalue weighted by molar-refractivity contribution is 5.94. The lowest BCUT2D eigenvalue weighted by Crippen LogP contribution is -2.46. The maximum absolute atomic E-state index is 13.3. The number of piperidine rings is 2. The second-order valence-corrected chi connectivity index (χ2v) is 8.01. The van der Waals surface area contributed by atoms with Gasteiger partial charge in [-0.1, -0.05) is 0 Å². The Kier molecular flexibility index (Phi) is 3.77. The van der Waals surface area contributed by atoms with Crippen molar-refractivity contribution in [3.8, 4) is 0 Å². The zero-order valence-corrected chi connectivity index (χ0v) is 14.7. The fourth-order valence-electron chi connectivity index (χ4n) is 5.03. The molecule has 7 heteroatoms. The van der Waals surface area contributed by atoms with Crippen molar-refractivity contribution in [2.24, 2.45) is 10.8 Å². The van der Waals surface area contributed by atoms with Gasteiger partial charge in [-0.2, -0.15) is 0 Å². The van der Waals surface area contributed by atoms with E-state index in [9.17, 15) is 24.2 Å². The summed E-state index contributed by atoms with van der Waals surface area (Å²) < 4.78 is 13.3. The van der Waals surface area contributed by atoms with Crippen LogP contribution in [0.5, 0.6) is 0 Å². The first-order chi connectivity index (χ1) is 12.3. The Labute approximate surface area is 151 Å². The van der Waals surface area contributed by atoms with Crippen LogP contribution in [-0.4, -0.2) is 59.3 Å². The van der Waals surface area contributed by atoms with Crippen molar-refractivity contribution in [1.29, 1.82) is 0 Å². The molecule has 0 amide bonds. The zero-order chi connectivity index (χ0) is 18.7. The normalized spacial score (nSPS) is 31.7. The number of nitrogens with zero attached hydrogens (tertiary/aromatic N) is 2. The molecule has 2 heterocycles. The van der Waals surface area contributed by atoms with Gasteiger partial charge in [0.05, 0.1) is 10.8 Å². The number of carbonyl (C=O) groups is 2. The van der Waals surface area contributed by atoms with Crippen LogP contribution in [0.2, 0.25) is 0 Å². The molecule has 2 saturated heterocycles. The number of hydrogen-bond acceptors (Lipinski definition) is 4. The van der Waals surface area contributed by atoms with E-state index < -0.39 is 22.8 Å². The van der Waals surface area contributed by atoms with Crippen LogP contribution in [0.15, 0.2) is 18.2 Å². The Morgan fingerprint density at radius 2 is 1.69 bits per heavy atom. The number of aryl methyl sites for hydroxylation is 1. The molecule has 0 unspecified atom stereocenters. The molecule has 140 valence electrons. The van der Waals surface area contributed by atoms with E-state index in [0.717, 1.165) is 37.2 Å². The molecule has 2 atom stereocenters. The first kappa shape index (κ1) is 17.3. The molecule has 0 spiro atoms. The standard InChI is InChI=1S/C19H23FN2O4/c1-12-8-13(20)2-3-15(12)21-6-4-14(5-7-21)22-10-18(16(23)24)9-19(18,11-22)17(25)26/h2-3,8,14H,4-7,9-11H2,1H3,(H,23,24)(H,25,26)/t18-,19+. The molecule has 3 aliphatic rings. The van der Waals surface area contributed by atoms with Gasteiger partial charge in [-0.15, -0.1) is 0 Å². The fourth-order valence-corrected chi connectivity index (χ4v) is 5.03. The van der Waals surface area contributed by atoms with Crippen LogP contribution in [0.4, 0.5) is 10.1 Å². The van der Waals surface area contributed by atoms with E-state index >= 15 is 0 Å². The van der Waals surface area contributed by atoms with Crippen molar-refractivity contribution in [3.05, 3.63) is 29.6 Å². The number of fused-ring (bicyclic) bond motifs is 1. The van der Waals surface area contributed by atoms with E-state index in [1.54, 1.807) is 6.07 Å². The van der Waals surface area contributed by atoms with Crippen molar-refractivity contribution in [3.63, 3.8) is 0 Å². The summed E-state index contributed by atoms with van der Waals surface area (Å²) in [5.74, 6) is -2.21. The number of hydrogen-bond donors (Lipinski definition) is 2. The van der Waals surface area contributed by atoms with E-state index in [4.69, 9.17) is 0 Å². The maximum atomic E-state index is 13.3. The zero-order valence-electron chi connectivity index (χ0n) is 14.7. The minimum absolute atomic E-state index is 0.201. The van der Waals surface area contributed by atoms with Gasteiger partial charge in [-0.05, 0) is 49.9 Å². The van der Waals surface area contributed by atoms with E-state index in [-0.39, 0.29) is 18.3 Å². The van der Waals surface area contributed by atoms with Crippen LogP contribution in [0, 0.1) is 23.6 Å². The van der Waals surface area contributed by atoms with Crippen molar-refractivity contribution in [2.45, 2.75) is 32.2 Å². The number of carboxylic acids is 2. The lowest BCUT2D eigenvalue weighted by atomic mass is 9.97. The quantitative estimate of drug-likeness (QED) is 0.852. The van der Waals surface area contributed by atoms with E-state index in [0.29, 0.717) is 13.1 Å². The van der Waals surface area contributed by atoms with Gasteiger partial charge in [0.25, 0.3) is 0 Å². The number of likely N-dealkylation sites (tertiary alicyclic amines) is 1. The average molecular weight is 362 g/mol. The average Bonchev–Trinajstić information content (AvgIpc) is 3.14. The topological polar surface area (TPSA) is 81.1 Å². The van der Waals surface area contributed by atoms with Crippen LogP contribution in [0.25, 0.3) is 0 Å². The van der Waals surface area contributed by atoms with E-state index in [1.165, 1.54) is 12.1 Å². The minimum atomic E-state index is -1.11. The van der Waals surface area contributed by atoms with Gasteiger partial charge in [0, 0.05) is 37.9 Å². The van der Waals surface area contributed by atoms with Crippen molar-refractivity contribution >= 4 is 17.6 Å². The third-order valence-electron chi connectivity index (χ3n) is 6.64. The molecule has 1 aliphatic carbocycles. The summed E-state index contributed by atoms with van der Waals surface area (Å²) >= 11 is 0. The number of carboxylic acid groups (broad SMARTS) is 2. The Bertz CT molecular complexity index is 749. The molecule has 4 rings (SSSR count). The summed E-state index contributed by atoms with van der Waals surface area (Å²) in [6.45, 7) is 4.15. The highest BCUT2D eigenvalue weighted by Gasteiger charge is 2.81. The molecule has 0 aromatic heterocycles. The molecular formula is C19H23FN2O4. The van der Waals surface area contributed by atoms with E-state index in [1.807, 2.05) is 6.92 Å². The summed E-state index contributed by atoms with van der Waals surface area (Å²) in [5, 5.41) is 19.1. The van der Waals surface area contributed by atoms with Crippen LogP contribution in [0.3, 0.4) is 0 Å². The summed E-state index contributed by atoms with van der Waals surface area (Å²) in [6.07, 6.45) is 1.94. The Morgan fingerprint density at radius 3 is 2.19 bits per heavy atom.